The number of methoxy groups -OCH3 is 1. The Morgan fingerprint density at radius 3 is 1.84 bits per heavy atom. The van der Waals surface area contributed by atoms with Crippen LogP contribution in [0.15, 0.2) is 0 Å². The van der Waals surface area contributed by atoms with Gasteiger partial charge >= 0.3 is 0 Å². The molecule has 38 heavy (non-hydrogen) atoms. The number of carbonyl (C=O) groups excluding carboxylic acids is 1. The molecule has 0 saturated heterocycles. The topological polar surface area (TPSA) is 215 Å². The van der Waals surface area contributed by atoms with Crippen LogP contribution in [0.1, 0.15) is 12.8 Å². The van der Waals surface area contributed by atoms with Gasteiger partial charge in [0.2, 0.25) is 5.91 Å². The van der Waals surface area contributed by atoms with Crippen LogP contribution < -0.4 is 27.4 Å². The average Bonchev–Trinajstić information content (AvgIpc) is 2.90. The van der Waals surface area contributed by atoms with E-state index in [9.17, 15) is 20.1 Å². The van der Waals surface area contributed by atoms with Crippen LogP contribution in [-0.4, -0.2) is 157 Å². The highest BCUT2D eigenvalue weighted by Gasteiger charge is 2.22. The van der Waals surface area contributed by atoms with Crippen molar-refractivity contribution in [3.05, 3.63) is 0 Å². The number of aliphatic hydroxyl groups is 3. The summed E-state index contributed by atoms with van der Waals surface area (Å²) in [4.78, 5) is 13.9. The van der Waals surface area contributed by atoms with Gasteiger partial charge in [0.15, 0.2) is 0 Å². The first-order chi connectivity index (χ1) is 18.4. The minimum atomic E-state index is -1.07. The van der Waals surface area contributed by atoms with Gasteiger partial charge < -0.3 is 55.8 Å². The highest BCUT2D eigenvalue weighted by molar-refractivity contribution is 5.78. The number of nitrogens with one attached hydrogen (secondary N) is 3. The summed E-state index contributed by atoms with van der Waals surface area (Å²) in [5, 5.41) is 39.6. The Labute approximate surface area is 226 Å². The molecule has 0 heterocycles. The Balaban J connectivity index is 4.49. The van der Waals surface area contributed by atoms with Gasteiger partial charge in [-0.3, -0.25) is 20.3 Å². The third-order valence-corrected chi connectivity index (χ3v) is 5.02. The van der Waals surface area contributed by atoms with Crippen LogP contribution in [0.3, 0.4) is 0 Å². The van der Waals surface area contributed by atoms with Crippen molar-refractivity contribution in [1.82, 2.24) is 20.9 Å². The molecule has 0 aromatic carbocycles. The number of nitrogens with zero attached hydrogens (tertiary/aromatic N) is 1. The van der Waals surface area contributed by atoms with Crippen LogP contribution in [0, 0.1) is 0 Å². The maximum absolute atomic E-state index is 12.5. The fourth-order valence-electron chi connectivity index (χ4n) is 3.11. The molecular formula is C23H52N6O9. The summed E-state index contributed by atoms with van der Waals surface area (Å²) in [5.41, 5.74) is 10.7. The van der Waals surface area contributed by atoms with Crippen molar-refractivity contribution in [3.63, 3.8) is 0 Å². The number of hydrogen-bond acceptors (Lipinski definition) is 14. The molecule has 0 bridgehead atoms. The Morgan fingerprint density at radius 1 is 0.737 bits per heavy atom. The smallest absolute Gasteiger partial charge is 0.234 e. The molecule has 0 aliphatic rings. The van der Waals surface area contributed by atoms with Crippen LogP contribution in [0.4, 0.5) is 0 Å². The highest BCUT2D eigenvalue weighted by atomic mass is 16.5. The Hall–Kier alpha value is -1.05. The van der Waals surface area contributed by atoms with E-state index in [-0.39, 0.29) is 38.4 Å². The highest BCUT2D eigenvalue weighted by Crippen LogP contribution is 2.07. The molecule has 10 N–H and O–H groups in total. The molecule has 15 heteroatoms. The van der Waals surface area contributed by atoms with E-state index in [0.717, 1.165) is 0 Å². The van der Waals surface area contributed by atoms with Crippen molar-refractivity contribution >= 4 is 5.91 Å². The van der Waals surface area contributed by atoms with Gasteiger partial charge in [0.05, 0.1) is 66.0 Å². The number of nitrogens with two attached hydrogens (primary N) is 2. The molecule has 1 amide bonds. The summed E-state index contributed by atoms with van der Waals surface area (Å²) in [6.45, 7) is 5.56. The molecule has 0 rings (SSSR count). The predicted molar refractivity (Wildman–Crippen MR) is 141 cm³/mol. The fourth-order valence-corrected chi connectivity index (χ4v) is 3.11. The standard InChI is InChI=1S/C23H52N6O9/c1-34-11-6-26-20(30)2-3-23(33)29(18-21(31)27-7-12-37-16-14-35-9-4-24)19-22(32)28-8-13-38-17-15-36-10-5-25/h20-21,23,26-27,30-31,33H,2-19,24-25H2,1H3,(H,28,32). The Morgan fingerprint density at radius 2 is 1.26 bits per heavy atom. The van der Waals surface area contributed by atoms with Gasteiger partial charge in [-0.05, 0) is 12.8 Å². The van der Waals surface area contributed by atoms with Crippen molar-refractivity contribution in [2.75, 3.05) is 112 Å². The zero-order valence-corrected chi connectivity index (χ0v) is 22.9. The minimum Gasteiger partial charge on any atom is -0.383 e. The number of carbonyl (C=O) groups is 1. The molecular weight excluding hydrogens is 504 g/mol. The normalized spacial score (nSPS) is 14.1. The maximum Gasteiger partial charge on any atom is 0.234 e. The van der Waals surface area contributed by atoms with Gasteiger partial charge in [0.1, 0.15) is 18.7 Å². The van der Waals surface area contributed by atoms with Crippen LogP contribution >= 0.6 is 0 Å². The van der Waals surface area contributed by atoms with E-state index >= 15 is 0 Å². The summed E-state index contributed by atoms with van der Waals surface area (Å²) in [5.74, 6) is -0.334. The van der Waals surface area contributed by atoms with Gasteiger partial charge in [0, 0.05) is 46.4 Å². The van der Waals surface area contributed by atoms with E-state index in [4.69, 9.17) is 35.2 Å². The largest absolute Gasteiger partial charge is 0.383 e. The molecule has 3 atom stereocenters. The van der Waals surface area contributed by atoms with Crippen LogP contribution in [0.25, 0.3) is 0 Å². The molecule has 15 nitrogen and oxygen atoms in total. The van der Waals surface area contributed by atoms with Gasteiger partial charge in [0.25, 0.3) is 0 Å². The first kappa shape index (κ1) is 37.0. The summed E-state index contributed by atoms with van der Waals surface area (Å²) in [6.07, 6.45) is -2.50. The number of amides is 1. The van der Waals surface area contributed by atoms with E-state index in [1.807, 2.05) is 0 Å². The quantitative estimate of drug-likeness (QED) is 0.0325. The number of ether oxygens (including phenoxy) is 5. The molecule has 0 spiro atoms. The molecule has 3 unspecified atom stereocenters. The van der Waals surface area contributed by atoms with Crippen molar-refractivity contribution < 1.29 is 43.8 Å². The Kier molecular flexibility index (Phi) is 26.8. The first-order valence-electron chi connectivity index (χ1n) is 13.2. The summed E-state index contributed by atoms with van der Waals surface area (Å²) >= 11 is 0. The van der Waals surface area contributed by atoms with Gasteiger partial charge in [-0.1, -0.05) is 0 Å². The zero-order chi connectivity index (χ0) is 28.3. The summed E-state index contributed by atoms with van der Waals surface area (Å²) in [6, 6.07) is 0. The lowest BCUT2D eigenvalue weighted by atomic mass is 10.2. The van der Waals surface area contributed by atoms with Crippen molar-refractivity contribution in [2.24, 2.45) is 11.5 Å². The predicted octanol–water partition coefficient (Wildman–Crippen LogP) is -4.05. The monoisotopic (exact) mass is 556 g/mol. The lowest BCUT2D eigenvalue weighted by Crippen LogP contribution is -2.50. The van der Waals surface area contributed by atoms with E-state index < -0.39 is 18.7 Å². The third kappa shape index (κ3) is 24.0. The van der Waals surface area contributed by atoms with Crippen LogP contribution in [-0.2, 0) is 28.5 Å². The lowest BCUT2D eigenvalue weighted by molar-refractivity contribution is -0.127. The average molecular weight is 557 g/mol. The number of hydrogen-bond donors (Lipinski definition) is 8. The van der Waals surface area contributed by atoms with Crippen LogP contribution in [0.2, 0.25) is 0 Å². The molecule has 0 aromatic heterocycles. The second-order valence-corrected chi connectivity index (χ2v) is 8.30. The summed E-state index contributed by atoms with van der Waals surface area (Å²) < 4.78 is 26.1. The lowest BCUT2D eigenvalue weighted by Gasteiger charge is -2.30. The maximum atomic E-state index is 12.5. The SMILES string of the molecule is COCCNC(O)CCC(O)N(CC(=O)NCCOCCOCCN)CC(O)NCCOCCOCCN. The van der Waals surface area contributed by atoms with E-state index in [1.54, 1.807) is 7.11 Å². The fraction of sp³-hybridized carbons (Fsp3) is 0.957. The summed E-state index contributed by atoms with van der Waals surface area (Å²) in [7, 11) is 1.56. The van der Waals surface area contributed by atoms with Gasteiger partial charge in [-0.25, -0.2) is 0 Å². The molecule has 0 fully saturated rings. The first-order valence-corrected chi connectivity index (χ1v) is 13.2. The van der Waals surface area contributed by atoms with Crippen molar-refractivity contribution in [2.45, 2.75) is 31.5 Å². The zero-order valence-electron chi connectivity index (χ0n) is 22.9. The minimum absolute atomic E-state index is 0.0175. The molecule has 0 aliphatic heterocycles. The Bertz CT molecular complexity index is 528. The van der Waals surface area contributed by atoms with Gasteiger partial charge in [-0.2, -0.15) is 0 Å². The molecule has 0 aromatic rings. The molecule has 0 saturated carbocycles. The molecule has 228 valence electrons. The second kappa shape index (κ2) is 27.5. The van der Waals surface area contributed by atoms with E-state index in [1.165, 1.54) is 4.90 Å². The second-order valence-electron chi connectivity index (χ2n) is 8.30. The molecule has 0 aliphatic carbocycles. The molecule has 0 radical (unpaired) electrons. The van der Waals surface area contributed by atoms with Crippen molar-refractivity contribution in [3.8, 4) is 0 Å². The third-order valence-electron chi connectivity index (χ3n) is 5.02. The number of aliphatic hydroxyl groups excluding tert-OH is 3. The number of rotatable bonds is 29. The van der Waals surface area contributed by atoms with E-state index in [2.05, 4.69) is 16.0 Å². The van der Waals surface area contributed by atoms with Gasteiger partial charge in [-0.15, -0.1) is 0 Å². The van der Waals surface area contributed by atoms with E-state index in [0.29, 0.717) is 85.6 Å². The van der Waals surface area contributed by atoms with Crippen LogP contribution in [0.5, 0.6) is 0 Å². The van der Waals surface area contributed by atoms with Crippen molar-refractivity contribution in [1.29, 1.82) is 0 Å².